The Morgan fingerprint density at radius 1 is 1.11 bits per heavy atom. The number of hydrazone groups is 1. The van der Waals surface area contributed by atoms with Crippen molar-refractivity contribution in [1.29, 1.82) is 0 Å². The zero-order valence-electron chi connectivity index (χ0n) is 21.7. The van der Waals surface area contributed by atoms with E-state index in [9.17, 15) is 14.4 Å². The maximum Gasteiger partial charge on any atom is 0.291 e. The van der Waals surface area contributed by atoms with E-state index in [1.165, 1.54) is 19.8 Å². The van der Waals surface area contributed by atoms with Crippen LogP contribution in [0.25, 0.3) is 0 Å². The summed E-state index contributed by atoms with van der Waals surface area (Å²) in [5, 5.41) is 9.38. The Bertz CT molecular complexity index is 1150. The molecular weight excluding hydrogens is 470 g/mol. The van der Waals surface area contributed by atoms with Gasteiger partial charge in [0, 0.05) is 24.1 Å². The molecule has 0 radical (unpaired) electrons. The highest BCUT2D eigenvalue weighted by Crippen LogP contribution is 2.35. The third-order valence-corrected chi connectivity index (χ3v) is 7.11. The molecule has 1 heterocycles. The molecule has 1 aliphatic carbocycles. The first-order valence-corrected chi connectivity index (χ1v) is 13.0. The molecule has 0 aromatic heterocycles. The Labute approximate surface area is 218 Å². The van der Waals surface area contributed by atoms with Gasteiger partial charge in [0.15, 0.2) is 11.5 Å². The molecule has 2 aliphatic rings. The van der Waals surface area contributed by atoms with Crippen molar-refractivity contribution in [3.63, 3.8) is 0 Å². The molecule has 1 aliphatic heterocycles. The maximum atomic E-state index is 12.0. The van der Waals surface area contributed by atoms with E-state index in [1.54, 1.807) is 19.2 Å². The van der Waals surface area contributed by atoms with Crippen molar-refractivity contribution >= 4 is 29.4 Å². The number of ether oxygens (including phenoxy) is 2. The third kappa shape index (κ3) is 6.37. The smallest absolute Gasteiger partial charge is 0.291 e. The molecule has 8 heteroatoms. The molecule has 2 aromatic carbocycles. The number of Topliss-reactive ketones (excluding diaryl/α,β-unsaturated/α-hetero) is 1. The zero-order chi connectivity index (χ0) is 26.4. The average molecular weight is 506 g/mol. The summed E-state index contributed by atoms with van der Waals surface area (Å²) in [4.78, 5) is 34.9. The van der Waals surface area contributed by atoms with Gasteiger partial charge in [0.2, 0.25) is 5.78 Å². The quantitative estimate of drug-likeness (QED) is 0.370. The van der Waals surface area contributed by atoms with E-state index in [2.05, 4.69) is 12.2 Å². The summed E-state index contributed by atoms with van der Waals surface area (Å²) in [6.45, 7) is 3.78. The largest absolute Gasteiger partial charge is 0.493 e. The maximum absolute atomic E-state index is 12.0. The van der Waals surface area contributed by atoms with Gasteiger partial charge in [-0.2, -0.15) is 5.10 Å². The highest BCUT2D eigenvalue weighted by molar-refractivity contribution is 6.39. The Hall–Kier alpha value is -3.68. The van der Waals surface area contributed by atoms with Crippen LogP contribution >= 0.6 is 0 Å². The van der Waals surface area contributed by atoms with Crippen LogP contribution in [0.2, 0.25) is 0 Å². The minimum absolute atomic E-state index is 0.142. The highest BCUT2D eigenvalue weighted by Gasteiger charge is 2.31. The van der Waals surface area contributed by atoms with Crippen molar-refractivity contribution in [3.05, 3.63) is 53.6 Å². The molecule has 0 spiro atoms. The second-order valence-corrected chi connectivity index (χ2v) is 9.72. The summed E-state index contributed by atoms with van der Waals surface area (Å²) in [7, 11) is 1.65. The highest BCUT2D eigenvalue weighted by atomic mass is 16.5. The third-order valence-electron chi connectivity index (χ3n) is 7.11. The van der Waals surface area contributed by atoms with Crippen LogP contribution in [-0.4, -0.2) is 48.0 Å². The number of methoxy groups -OCH3 is 1. The number of nitrogens with zero attached hydrogens (tertiary/aromatic N) is 2. The SMILES string of the molecule is CCC1CC(C=O)N(Cc2ccc(NC(=O)C(C)=O)cc2)N=C1c1ccc(OC)c(OC2CCCC2)c1. The molecule has 8 nitrogen and oxygen atoms in total. The molecule has 1 amide bonds. The summed E-state index contributed by atoms with van der Waals surface area (Å²) in [5.74, 6) is 0.383. The van der Waals surface area contributed by atoms with Crippen molar-refractivity contribution in [2.45, 2.75) is 71.1 Å². The van der Waals surface area contributed by atoms with Gasteiger partial charge in [-0.15, -0.1) is 0 Å². The first-order chi connectivity index (χ1) is 17.9. The van der Waals surface area contributed by atoms with Crippen molar-refractivity contribution in [2.75, 3.05) is 12.4 Å². The molecular formula is C29H35N3O5. The molecule has 1 N–H and O–H groups in total. The Balaban J connectivity index is 1.59. The van der Waals surface area contributed by atoms with Crippen molar-refractivity contribution in [2.24, 2.45) is 11.0 Å². The predicted molar refractivity (Wildman–Crippen MR) is 142 cm³/mol. The predicted octanol–water partition coefficient (Wildman–Crippen LogP) is 4.75. The van der Waals surface area contributed by atoms with Gasteiger partial charge in [0.1, 0.15) is 12.3 Å². The van der Waals surface area contributed by atoms with Crippen LogP contribution in [0.1, 0.15) is 63.5 Å². The van der Waals surface area contributed by atoms with Gasteiger partial charge in [-0.25, -0.2) is 0 Å². The van der Waals surface area contributed by atoms with Gasteiger partial charge in [-0.05, 0) is 74.4 Å². The number of benzene rings is 2. The Morgan fingerprint density at radius 2 is 1.84 bits per heavy atom. The molecule has 0 bridgehead atoms. The van der Waals surface area contributed by atoms with Crippen LogP contribution in [0.5, 0.6) is 11.5 Å². The second-order valence-electron chi connectivity index (χ2n) is 9.72. The fraction of sp³-hybridized carbons (Fsp3) is 0.448. The number of carbonyl (C=O) groups is 3. The van der Waals surface area contributed by atoms with Crippen LogP contribution in [0.15, 0.2) is 47.6 Å². The number of ketones is 1. The number of rotatable bonds is 10. The van der Waals surface area contributed by atoms with Crippen LogP contribution in [0.3, 0.4) is 0 Å². The number of hydrogen-bond acceptors (Lipinski definition) is 7. The van der Waals surface area contributed by atoms with Crippen LogP contribution < -0.4 is 14.8 Å². The molecule has 2 aromatic rings. The van der Waals surface area contributed by atoms with E-state index in [4.69, 9.17) is 14.6 Å². The standard InChI is InChI=1S/C29H35N3O5/c1-4-21-15-24(18-33)32(17-20-9-12-23(13-10-20)30-29(35)19(2)34)31-28(21)22-11-14-26(36-3)27(16-22)37-25-7-5-6-8-25/h9-14,16,18,21,24-25H,4-8,15,17H2,1-3H3,(H,30,35). The fourth-order valence-corrected chi connectivity index (χ4v) is 4.96. The molecule has 37 heavy (non-hydrogen) atoms. The lowest BCUT2D eigenvalue weighted by molar-refractivity contribution is -0.133. The van der Waals surface area contributed by atoms with Gasteiger partial charge in [0.05, 0.1) is 25.5 Å². The van der Waals surface area contributed by atoms with E-state index >= 15 is 0 Å². The monoisotopic (exact) mass is 505 g/mol. The van der Waals surface area contributed by atoms with Gasteiger partial charge < -0.3 is 19.6 Å². The van der Waals surface area contributed by atoms with Crippen LogP contribution in [-0.2, 0) is 20.9 Å². The van der Waals surface area contributed by atoms with Crippen LogP contribution in [0.4, 0.5) is 5.69 Å². The van der Waals surface area contributed by atoms with Gasteiger partial charge >= 0.3 is 0 Å². The normalized spacial score (nSPS) is 19.8. The lowest BCUT2D eigenvalue weighted by Gasteiger charge is -2.35. The first kappa shape index (κ1) is 26.4. The lowest BCUT2D eigenvalue weighted by Crippen LogP contribution is -2.41. The van der Waals surface area contributed by atoms with Gasteiger partial charge in [0.25, 0.3) is 5.91 Å². The zero-order valence-corrected chi connectivity index (χ0v) is 21.7. The number of amides is 1. The summed E-state index contributed by atoms with van der Waals surface area (Å²) < 4.78 is 11.9. The molecule has 1 saturated carbocycles. The number of nitrogens with one attached hydrogen (secondary N) is 1. The van der Waals surface area contributed by atoms with E-state index < -0.39 is 11.7 Å². The number of hydrogen-bond donors (Lipinski definition) is 1. The van der Waals surface area contributed by atoms with Crippen molar-refractivity contribution in [3.8, 4) is 11.5 Å². The second kappa shape index (κ2) is 12.0. The Kier molecular flexibility index (Phi) is 8.58. The molecule has 4 rings (SSSR count). The summed E-state index contributed by atoms with van der Waals surface area (Å²) in [6.07, 6.45) is 7.19. The van der Waals surface area contributed by atoms with Crippen molar-refractivity contribution in [1.82, 2.24) is 5.01 Å². The molecule has 196 valence electrons. The van der Waals surface area contributed by atoms with E-state index in [0.717, 1.165) is 48.1 Å². The fourth-order valence-electron chi connectivity index (χ4n) is 4.96. The first-order valence-electron chi connectivity index (χ1n) is 13.0. The molecule has 1 fully saturated rings. The van der Waals surface area contributed by atoms with E-state index in [0.29, 0.717) is 24.4 Å². The summed E-state index contributed by atoms with van der Waals surface area (Å²) in [6, 6.07) is 12.8. The Morgan fingerprint density at radius 3 is 2.46 bits per heavy atom. The molecule has 0 saturated heterocycles. The topological polar surface area (TPSA) is 97.3 Å². The molecule has 2 unspecified atom stereocenters. The number of anilines is 1. The van der Waals surface area contributed by atoms with Gasteiger partial charge in [-0.3, -0.25) is 14.6 Å². The van der Waals surface area contributed by atoms with Crippen molar-refractivity contribution < 1.29 is 23.9 Å². The number of carbonyl (C=O) groups excluding carboxylic acids is 3. The minimum Gasteiger partial charge on any atom is -0.493 e. The summed E-state index contributed by atoms with van der Waals surface area (Å²) in [5.41, 5.74) is 3.38. The van der Waals surface area contributed by atoms with E-state index in [-0.39, 0.29) is 18.1 Å². The van der Waals surface area contributed by atoms with E-state index in [1.807, 2.05) is 35.3 Å². The number of aldehydes is 1. The summed E-state index contributed by atoms with van der Waals surface area (Å²) >= 11 is 0. The lowest BCUT2D eigenvalue weighted by atomic mass is 9.87. The van der Waals surface area contributed by atoms with Crippen LogP contribution in [0, 0.1) is 5.92 Å². The average Bonchev–Trinajstić information content (AvgIpc) is 3.42. The van der Waals surface area contributed by atoms with Gasteiger partial charge in [-0.1, -0.05) is 19.1 Å². The molecule has 2 atom stereocenters. The minimum atomic E-state index is -0.652.